The van der Waals surface area contributed by atoms with E-state index in [-0.39, 0.29) is 6.61 Å². The molecule has 0 unspecified atom stereocenters. The van der Waals surface area contributed by atoms with Gasteiger partial charge in [0.2, 0.25) is 0 Å². The Morgan fingerprint density at radius 2 is 2.12 bits per heavy atom. The van der Waals surface area contributed by atoms with E-state index < -0.39 is 0 Å². The number of pyridine rings is 2. The minimum atomic E-state index is 0.00613. The summed E-state index contributed by atoms with van der Waals surface area (Å²) in [5.74, 6) is 0. The van der Waals surface area contributed by atoms with Crippen LogP contribution in [-0.4, -0.2) is 15.1 Å². The van der Waals surface area contributed by atoms with Crippen molar-refractivity contribution < 1.29 is 5.11 Å². The molecule has 4 nitrogen and oxygen atoms in total. The molecule has 0 fully saturated rings. The summed E-state index contributed by atoms with van der Waals surface area (Å²) in [7, 11) is 0. The molecule has 0 bridgehead atoms. The van der Waals surface area contributed by atoms with E-state index in [1.165, 1.54) is 0 Å². The minimum absolute atomic E-state index is 0.00613. The molecule has 4 heteroatoms. The van der Waals surface area contributed by atoms with Crippen LogP contribution in [-0.2, 0) is 13.2 Å². The molecule has 0 saturated carbocycles. The molecule has 2 N–H and O–H groups in total. The highest BCUT2D eigenvalue weighted by Gasteiger charge is 2.01. The molecular weight excluding hydrogens is 214 g/mol. The molecule has 2 aromatic heterocycles. The van der Waals surface area contributed by atoms with Gasteiger partial charge >= 0.3 is 0 Å². The molecular formula is C13H15N3O. The SMILES string of the molecule is Cc1ccc(CNc2cnccc2CO)nc1. The second-order valence-corrected chi connectivity index (χ2v) is 3.87. The lowest BCUT2D eigenvalue weighted by molar-refractivity contribution is 0.282. The number of anilines is 1. The van der Waals surface area contributed by atoms with Crippen LogP contribution in [0.25, 0.3) is 0 Å². The molecule has 88 valence electrons. The number of nitrogens with one attached hydrogen (secondary N) is 1. The average molecular weight is 229 g/mol. The quantitative estimate of drug-likeness (QED) is 0.840. The molecule has 2 aromatic rings. The van der Waals surface area contributed by atoms with Crippen molar-refractivity contribution in [3.63, 3.8) is 0 Å². The smallest absolute Gasteiger partial charge is 0.0703 e. The summed E-state index contributed by atoms with van der Waals surface area (Å²) in [5, 5.41) is 12.4. The fourth-order valence-corrected chi connectivity index (χ4v) is 1.51. The standard InChI is InChI=1S/C13H15N3O/c1-10-2-3-12(15-6-10)7-16-13-8-14-5-4-11(13)9-17/h2-6,8,16-17H,7,9H2,1H3. The molecule has 0 amide bonds. The maximum Gasteiger partial charge on any atom is 0.0703 e. The Hall–Kier alpha value is -1.94. The summed E-state index contributed by atoms with van der Waals surface area (Å²) < 4.78 is 0. The Labute approximate surface area is 100 Å². The first-order valence-electron chi connectivity index (χ1n) is 5.49. The van der Waals surface area contributed by atoms with Gasteiger partial charge in [-0.1, -0.05) is 6.07 Å². The van der Waals surface area contributed by atoms with Crippen LogP contribution in [0.4, 0.5) is 5.69 Å². The molecule has 0 radical (unpaired) electrons. The first kappa shape index (κ1) is 11.5. The number of nitrogens with zero attached hydrogens (tertiary/aromatic N) is 2. The van der Waals surface area contributed by atoms with Gasteiger partial charge < -0.3 is 10.4 Å². The van der Waals surface area contributed by atoms with Crippen molar-refractivity contribution in [3.8, 4) is 0 Å². The normalized spacial score (nSPS) is 10.2. The van der Waals surface area contributed by atoms with Crippen LogP contribution in [0.15, 0.2) is 36.8 Å². The summed E-state index contributed by atoms with van der Waals surface area (Å²) in [5.41, 5.74) is 3.79. The molecule has 17 heavy (non-hydrogen) atoms. The van der Waals surface area contributed by atoms with Crippen molar-refractivity contribution in [2.45, 2.75) is 20.1 Å². The molecule has 0 aliphatic rings. The van der Waals surface area contributed by atoms with Gasteiger partial charge in [0.1, 0.15) is 0 Å². The van der Waals surface area contributed by atoms with Crippen LogP contribution >= 0.6 is 0 Å². The van der Waals surface area contributed by atoms with Crippen LogP contribution in [0.2, 0.25) is 0 Å². The lowest BCUT2D eigenvalue weighted by atomic mass is 10.2. The number of aliphatic hydroxyl groups is 1. The van der Waals surface area contributed by atoms with Gasteiger partial charge in [-0.2, -0.15) is 0 Å². The number of aryl methyl sites for hydroxylation is 1. The Morgan fingerprint density at radius 3 is 2.82 bits per heavy atom. The zero-order valence-corrected chi connectivity index (χ0v) is 9.72. The molecule has 2 heterocycles. The van der Waals surface area contributed by atoms with Crippen molar-refractivity contribution in [1.82, 2.24) is 9.97 Å². The van der Waals surface area contributed by atoms with Gasteiger partial charge in [0, 0.05) is 18.0 Å². The van der Waals surface area contributed by atoms with E-state index in [9.17, 15) is 0 Å². The monoisotopic (exact) mass is 229 g/mol. The number of aromatic nitrogens is 2. The third kappa shape index (κ3) is 3.01. The van der Waals surface area contributed by atoms with Gasteiger partial charge in [0.15, 0.2) is 0 Å². The van der Waals surface area contributed by atoms with E-state index in [1.807, 2.05) is 25.3 Å². The zero-order valence-electron chi connectivity index (χ0n) is 9.72. The Bertz CT molecular complexity index is 482. The fourth-order valence-electron chi connectivity index (χ4n) is 1.51. The summed E-state index contributed by atoms with van der Waals surface area (Å²) in [6.45, 7) is 2.64. The summed E-state index contributed by atoms with van der Waals surface area (Å²) in [6.07, 6.45) is 5.22. The number of aliphatic hydroxyl groups excluding tert-OH is 1. The van der Waals surface area contributed by atoms with E-state index in [0.717, 1.165) is 22.5 Å². The van der Waals surface area contributed by atoms with Gasteiger partial charge in [0.05, 0.1) is 30.7 Å². The van der Waals surface area contributed by atoms with Crippen molar-refractivity contribution in [2.75, 3.05) is 5.32 Å². The van der Waals surface area contributed by atoms with Crippen LogP contribution < -0.4 is 5.32 Å². The summed E-state index contributed by atoms with van der Waals surface area (Å²) >= 11 is 0. The predicted octanol–water partition coefficient (Wildman–Crippen LogP) is 1.89. The topological polar surface area (TPSA) is 58.0 Å². The second kappa shape index (κ2) is 5.41. The predicted molar refractivity (Wildman–Crippen MR) is 66.5 cm³/mol. The molecule has 0 spiro atoms. The van der Waals surface area contributed by atoms with E-state index in [0.29, 0.717) is 6.54 Å². The minimum Gasteiger partial charge on any atom is -0.392 e. The lowest BCUT2D eigenvalue weighted by Gasteiger charge is -2.09. The van der Waals surface area contributed by atoms with Crippen molar-refractivity contribution in [2.24, 2.45) is 0 Å². The maximum atomic E-state index is 9.17. The summed E-state index contributed by atoms with van der Waals surface area (Å²) in [6, 6.07) is 5.81. The largest absolute Gasteiger partial charge is 0.392 e. The van der Waals surface area contributed by atoms with E-state index in [4.69, 9.17) is 5.11 Å². The Balaban J connectivity index is 2.04. The van der Waals surface area contributed by atoms with E-state index >= 15 is 0 Å². The Kier molecular flexibility index (Phi) is 3.67. The second-order valence-electron chi connectivity index (χ2n) is 3.87. The van der Waals surface area contributed by atoms with Gasteiger partial charge in [0.25, 0.3) is 0 Å². The molecule has 0 aliphatic heterocycles. The van der Waals surface area contributed by atoms with Gasteiger partial charge in [-0.3, -0.25) is 9.97 Å². The highest BCUT2D eigenvalue weighted by Crippen LogP contribution is 2.14. The van der Waals surface area contributed by atoms with E-state index in [2.05, 4.69) is 15.3 Å². The molecule has 0 atom stereocenters. The number of hydrogen-bond acceptors (Lipinski definition) is 4. The molecule has 0 aliphatic carbocycles. The zero-order chi connectivity index (χ0) is 12.1. The third-order valence-corrected chi connectivity index (χ3v) is 2.51. The number of rotatable bonds is 4. The van der Waals surface area contributed by atoms with E-state index in [1.54, 1.807) is 18.5 Å². The van der Waals surface area contributed by atoms with Crippen molar-refractivity contribution in [1.29, 1.82) is 0 Å². The van der Waals surface area contributed by atoms with Gasteiger partial charge in [-0.15, -0.1) is 0 Å². The highest BCUT2D eigenvalue weighted by atomic mass is 16.3. The molecule has 2 rings (SSSR count). The maximum absolute atomic E-state index is 9.17. The first-order chi connectivity index (χ1) is 8.29. The Morgan fingerprint density at radius 1 is 1.24 bits per heavy atom. The number of hydrogen-bond donors (Lipinski definition) is 2. The van der Waals surface area contributed by atoms with Crippen LogP contribution in [0.1, 0.15) is 16.8 Å². The lowest BCUT2D eigenvalue weighted by Crippen LogP contribution is -2.04. The average Bonchev–Trinajstić information content (AvgIpc) is 2.38. The van der Waals surface area contributed by atoms with Crippen LogP contribution in [0.3, 0.4) is 0 Å². The molecule has 0 saturated heterocycles. The first-order valence-corrected chi connectivity index (χ1v) is 5.49. The van der Waals surface area contributed by atoms with Gasteiger partial charge in [-0.05, 0) is 24.6 Å². The van der Waals surface area contributed by atoms with Crippen LogP contribution in [0, 0.1) is 6.92 Å². The van der Waals surface area contributed by atoms with Crippen molar-refractivity contribution in [3.05, 3.63) is 53.6 Å². The fraction of sp³-hybridized carbons (Fsp3) is 0.231. The highest BCUT2D eigenvalue weighted by molar-refractivity contribution is 5.48. The third-order valence-electron chi connectivity index (χ3n) is 2.51. The van der Waals surface area contributed by atoms with Crippen LogP contribution in [0.5, 0.6) is 0 Å². The summed E-state index contributed by atoms with van der Waals surface area (Å²) in [4.78, 5) is 8.33. The molecule has 0 aromatic carbocycles. The van der Waals surface area contributed by atoms with Gasteiger partial charge in [-0.25, -0.2) is 0 Å². The van der Waals surface area contributed by atoms with Crippen molar-refractivity contribution >= 4 is 5.69 Å².